The quantitative estimate of drug-likeness (QED) is 0.764. The smallest absolute Gasteiger partial charge is 0.260 e. The first-order valence-electron chi connectivity index (χ1n) is 9.86. The highest BCUT2D eigenvalue weighted by molar-refractivity contribution is 5.78. The Morgan fingerprint density at radius 3 is 2.52 bits per heavy atom. The molecule has 0 bridgehead atoms. The number of piperidine rings is 2. The maximum atomic E-state index is 12.5. The molecule has 1 aromatic rings. The maximum absolute atomic E-state index is 12.5. The number of hydrogen-bond acceptors (Lipinski definition) is 4. The first-order chi connectivity index (χ1) is 13.0. The van der Waals surface area contributed by atoms with Gasteiger partial charge in [0.2, 0.25) is 5.91 Å². The molecule has 0 atom stereocenters. The van der Waals surface area contributed by atoms with Crippen LogP contribution < -0.4 is 4.74 Å². The Labute approximate surface area is 162 Å². The molecule has 2 saturated heterocycles. The van der Waals surface area contributed by atoms with Crippen molar-refractivity contribution in [2.24, 2.45) is 5.41 Å². The van der Waals surface area contributed by atoms with Crippen molar-refractivity contribution in [1.29, 1.82) is 0 Å². The number of rotatable bonds is 6. The molecule has 2 heterocycles. The lowest BCUT2D eigenvalue weighted by molar-refractivity contribution is -0.143. The van der Waals surface area contributed by atoms with Gasteiger partial charge in [0, 0.05) is 39.1 Å². The van der Waals surface area contributed by atoms with Crippen LogP contribution >= 0.6 is 0 Å². The van der Waals surface area contributed by atoms with E-state index in [1.54, 1.807) is 0 Å². The number of benzene rings is 1. The molecule has 2 aliphatic heterocycles. The van der Waals surface area contributed by atoms with E-state index in [-0.39, 0.29) is 23.8 Å². The van der Waals surface area contributed by atoms with E-state index in [9.17, 15) is 9.59 Å². The lowest BCUT2D eigenvalue weighted by atomic mass is 9.72. The molecule has 0 aliphatic carbocycles. The topological polar surface area (TPSA) is 53.1 Å². The van der Waals surface area contributed by atoms with Gasteiger partial charge in [-0.1, -0.05) is 18.2 Å². The van der Waals surface area contributed by atoms with Crippen LogP contribution in [0.25, 0.3) is 0 Å². The Balaban J connectivity index is 1.48. The number of para-hydroxylation sites is 1. The van der Waals surface area contributed by atoms with Gasteiger partial charge in [-0.3, -0.25) is 9.59 Å². The Morgan fingerprint density at radius 2 is 1.85 bits per heavy atom. The average Bonchev–Trinajstić information content (AvgIpc) is 2.68. The highest BCUT2D eigenvalue weighted by atomic mass is 16.5. The van der Waals surface area contributed by atoms with E-state index in [0.717, 1.165) is 57.7 Å². The summed E-state index contributed by atoms with van der Waals surface area (Å²) in [5.74, 6) is 1.05. The molecule has 0 saturated carbocycles. The van der Waals surface area contributed by atoms with Crippen LogP contribution in [0.4, 0.5) is 0 Å². The van der Waals surface area contributed by atoms with E-state index < -0.39 is 0 Å². The van der Waals surface area contributed by atoms with Gasteiger partial charge in [-0.25, -0.2) is 0 Å². The van der Waals surface area contributed by atoms with Crippen molar-refractivity contribution in [2.45, 2.75) is 25.7 Å². The van der Waals surface area contributed by atoms with Crippen molar-refractivity contribution < 1.29 is 14.3 Å². The third-order valence-electron chi connectivity index (χ3n) is 5.85. The van der Waals surface area contributed by atoms with Gasteiger partial charge in [0.15, 0.2) is 6.61 Å². The lowest BCUT2D eigenvalue weighted by Crippen LogP contribution is -2.53. The molecule has 148 valence electrons. The number of nitrogens with zero attached hydrogens (tertiary/aromatic N) is 3. The van der Waals surface area contributed by atoms with Crippen molar-refractivity contribution in [1.82, 2.24) is 14.7 Å². The normalized spacial score (nSPS) is 19.6. The summed E-state index contributed by atoms with van der Waals surface area (Å²) in [6.45, 7) is 4.12. The highest BCUT2D eigenvalue weighted by Crippen LogP contribution is 2.40. The largest absolute Gasteiger partial charge is 0.484 e. The number of hydrogen-bond donors (Lipinski definition) is 0. The number of amides is 2. The van der Waals surface area contributed by atoms with Crippen molar-refractivity contribution in [3.63, 3.8) is 0 Å². The van der Waals surface area contributed by atoms with Gasteiger partial charge in [0.1, 0.15) is 5.75 Å². The summed E-state index contributed by atoms with van der Waals surface area (Å²) < 4.78 is 5.59. The van der Waals surface area contributed by atoms with Gasteiger partial charge < -0.3 is 19.4 Å². The van der Waals surface area contributed by atoms with Crippen LogP contribution in [0.2, 0.25) is 0 Å². The number of carbonyl (C=O) groups excluding carboxylic acids is 2. The maximum Gasteiger partial charge on any atom is 0.260 e. The van der Waals surface area contributed by atoms with Crippen LogP contribution in [0.3, 0.4) is 0 Å². The minimum Gasteiger partial charge on any atom is -0.484 e. The summed E-state index contributed by atoms with van der Waals surface area (Å²) in [6.07, 6.45) is 3.52. The van der Waals surface area contributed by atoms with Gasteiger partial charge >= 0.3 is 0 Å². The van der Waals surface area contributed by atoms with Crippen LogP contribution in [0.1, 0.15) is 25.7 Å². The minimum absolute atomic E-state index is 0.0463. The molecule has 27 heavy (non-hydrogen) atoms. The third-order valence-corrected chi connectivity index (χ3v) is 5.85. The Bertz CT molecular complexity index is 639. The molecule has 0 unspecified atom stereocenters. The standard InChI is InChI=1S/C21H31N3O3/c1-22(2)14-15-24-17-21(9-8-19(24)25)10-12-23(13-11-21)20(26)16-27-18-6-4-3-5-7-18/h3-7H,8-17H2,1-2H3. The van der Waals surface area contributed by atoms with Crippen LogP contribution in [0, 0.1) is 5.41 Å². The van der Waals surface area contributed by atoms with Crippen molar-refractivity contribution >= 4 is 11.8 Å². The third kappa shape index (κ3) is 5.22. The molecule has 2 amide bonds. The monoisotopic (exact) mass is 373 g/mol. The summed E-state index contributed by atoms with van der Waals surface area (Å²) in [6, 6.07) is 9.45. The summed E-state index contributed by atoms with van der Waals surface area (Å²) in [5.41, 5.74) is 0.178. The predicted octanol–water partition coefficient (Wildman–Crippen LogP) is 1.86. The second kappa shape index (κ2) is 8.74. The molecule has 1 aromatic carbocycles. The zero-order valence-corrected chi connectivity index (χ0v) is 16.5. The molecule has 0 N–H and O–H groups in total. The van der Waals surface area contributed by atoms with Crippen LogP contribution in [0.5, 0.6) is 5.75 Å². The van der Waals surface area contributed by atoms with E-state index in [1.165, 1.54) is 0 Å². The summed E-state index contributed by atoms with van der Waals surface area (Å²) in [7, 11) is 4.07. The van der Waals surface area contributed by atoms with Crippen molar-refractivity contribution in [3.8, 4) is 5.75 Å². The van der Waals surface area contributed by atoms with Crippen LogP contribution in [-0.4, -0.2) is 79.9 Å². The molecule has 2 fully saturated rings. The first kappa shape index (κ1) is 19.7. The molecule has 6 nitrogen and oxygen atoms in total. The lowest BCUT2D eigenvalue weighted by Gasteiger charge is -2.47. The zero-order chi connectivity index (χ0) is 19.3. The second-order valence-electron chi connectivity index (χ2n) is 8.10. The van der Waals surface area contributed by atoms with E-state index in [1.807, 2.05) is 54.2 Å². The molecule has 1 spiro atoms. The molecular weight excluding hydrogens is 342 g/mol. The van der Waals surface area contributed by atoms with Gasteiger partial charge in [-0.2, -0.15) is 0 Å². The molecule has 0 radical (unpaired) electrons. The summed E-state index contributed by atoms with van der Waals surface area (Å²) in [5, 5.41) is 0. The second-order valence-corrected chi connectivity index (χ2v) is 8.10. The number of carbonyl (C=O) groups is 2. The van der Waals surface area contributed by atoms with Crippen LogP contribution in [0.15, 0.2) is 30.3 Å². The molecule has 3 rings (SSSR count). The van der Waals surface area contributed by atoms with Crippen molar-refractivity contribution in [2.75, 3.05) is 53.4 Å². The fraction of sp³-hybridized carbons (Fsp3) is 0.619. The number of likely N-dealkylation sites (N-methyl/N-ethyl adjacent to an activating group) is 1. The van der Waals surface area contributed by atoms with E-state index >= 15 is 0 Å². The SMILES string of the molecule is CN(C)CCN1CC2(CCC1=O)CCN(C(=O)COc1ccccc1)CC2. The molecule has 2 aliphatic rings. The van der Waals surface area contributed by atoms with Gasteiger partial charge in [-0.15, -0.1) is 0 Å². The molecule has 6 heteroatoms. The van der Waals surface area contributed by atoms with Gasteiger partial charge in [-0.05, 0) is 50.9 Å². The van der Waals surface area contributed by atoms with Gasteiger partial charge in [0.05, 0.1) is 0 Å². The zero-order valence-electron chi connectivity index (χ0n) is 16.5. The van der Waals surface area contributed by atoms with Crippen LogP contribution in [-0.2, 0) is 9.59 Å². The minimum atomic E-state index is 0.0463. The first-order valence-corrected chi connectivity index (χ1v) is 9.86. The average molecular weight is 373 g/mol. The summed E-state index contributed by atoms with van der Waals surface area (Å²) >= 11 is 0. The molecule has 0 aromatic heterocycles. The molecular formula is C21H31N3O3. The highest BCUT2D eigenvalue weighted by Gasteiger charge is 2.41. The number of ether oxygens (including phenoxy) is 1. The predicted molar refractivity (Wildman–Crippen MR) is 105 cm³/mol. The number of likely N-dealkylation sites (tertiary alicyclic amines) is 2. The Kier molecular flexibility index (Phi) is 6.37. The fourth-order valence-electron chi connectivity index (χ4n) is 4.02. The summed E-state index contributed by atoms with van der Waals surface area (Å²) in [4.78, 5) is 30.8. The van der Waals surface area contributed by atoms with Crippen molar-refractivity contribution in [3.05, 3.63) is 30.3 Å². The van der Waals surface area contributed by atoms with E-state index in [0.29, 0.717) is 6.42 Å². The Morgan fingerprint density at radius 1 is 1.15 bits per heavy atom. The van der Waals surface area contributed by atoms with Gasteiger partial charge in [0.25, 0.3) is 5.91 Å². The Hall–Kier alpha value is -2.08. The fourth-order valence-corrected chi connectivity index (χ4v) is 4.02. The van der Waals surface area contributed by atoms with E-state index in [2.05, 4.69) is 4.90 Å². The van der Waals surface area contributed by atoms with E-state index in [4.69, 9.17) is 4.74 Å².